The minimum atomic E-state index is -3.47. The first-order valence-electron chi connectivity index (χ1n) is 6.64. The Kier molecular flexibility index (Phi) is 5.78. The average molecular weight is 333 g/mol. The predicted octanol–water partition coefficient (Wildman–Crippen LogP) is 1.52. The van der Waals surface area contributed by atoms with Gasteiger partial charge in [0.15, 0.2) is 14.6 Å². The molecule has 0 unspecified atom stereocenters. The fourth-order valence-electron chi connectivity index (χ4n) is 2.55. The molecule has 0 bridgehead atoms. The highest BCUT2D eigenvalue weighted by molar-refractivity contribution is 7.92. The van der Waals surface area contributed by atoms with Crippen molar-refractivity contribution in [3.63, 3.8) is 0 Å². The van der Waals surface area contributed by atoms with E-state index < -0.39 is 20.5 Å². The lowest BCUT2D eigenvalue weighted by atomic mass is 9.95. The maximum absolute atomic E-state index is 12.6. The zero-order valence-electron chi connectivity index (χ0n) is 12.2. The van der Waals surface area contributed by atoms with E-state index in [-0.39, 0.29) is 12.4 Å². The highest BCUT2D eigenvalue weighted by Gasteiger charge is 2.48. The summed E-state index contributed by atoms with van der Waals surface area (Å²) in [6.45, 7) is 2.95. The summed E-state index contributed by atoms with van der Waals surface area (Å²) in [7, 11) is -3.47. The van der Waals surface area contributed by atoms with Gasteiger partial charge in [0.1, 0.15) is 0 Å². The van der Waals surface area contributed by atoms with Gasteiger partial charge in [-0.05, 0) is 44.5 Å². The van der Waals surface area contributed by atoms with Crippen LogP contribution in [0.25, 0.3) is 0 Å². The minimum Gasteiger partial charge on any atom is -0.324 e. The molecular weight excluding hydrogens is 312 g/mol. The Hall–Kier alpha value is -1.11. The molecule has 1 aromatic carbocycles. The summed E-state index contributed by atoms with van der Waals surface area (Å²) in [6, 6.07) is 7.36. The second-order valence-corrected chi connectivity index (χ2v) is 7.61. The maximum atomic E-state index is 12.6. The van der Waals surface area contributed by atoms with Gasteiger partial charge >= 0.3 is 0 Å². The van der Waals surface area contributed by atoms with Crippen LogP contribution in [0.1, 0.15) is 18.4 Å². The van der Waals surface area contributed by atoms with Gasteiger partial charge < -0.3 is 10.6 Å². The summed E-state index contributed by atoms with van der Waals surface area (Å²) in [5.74, 6) is -0.421. The maximum Gasteiger partial charge on any atom is 0.245 e. The van der Waals surface area contributed by atoms with Crippen molar-refractivity contribution in [2.45, 2.75) is 24.5 Å². The molecule has 0 aromatic heterocycles. The van der Waals surface area contributed by atoms with E-state index in [1.165, 1.54) is 0 Å². The lowest BCUT2D eigenvalue weighted by Gasteiger charge is -2.34. The second-order valence-electron chi connectivity index (χ2n) is 5.29. The zero-order valence-corrected chi connectivity index (χ0v) is 13.8. The van der Waals surface area contributed by atoms with Gasteiger partial charge in [0.05, 0.1) is 0 Å². The number of para-hydroxylation sites is 1. The summed E-state index contributed by atoms with van der Waals surface area (Å²) >= 11 is 0. The van der Waals surface area contributed by atoms with E-state index in [4.69, 9.17) is 0 Å². The van der Waals surface area contributed by atoms with Gasteiger partial charge in [0.25, 0.3) is 0 Å². The summed E-state index contributed by atoms with van der Waals surface area (Å²) in [6.07, 6.45) is 1.77. The molecule has 1 fully saturated rings. The van der Waals surface area contributed by atoms with Gasteiger partial charge in [-0.25, -0.2) is 8.42 Å². The number of sulfone groups is 1. The quantitative estimate of drug-likeness (QED) is 0.880. The van der Waals surface area contributed by atoms with Gasteiger partial charge in [-0.3, -0.25) is 4.79 Å². The van der Waals surface area contributed by atoms with E-state index in [0.29, 0.717) is 31.6 Å². The van der Waals surface area contributed by atoms with Crippen LogP contribution in [0, 0.1) is 6.92 Å². The third kappa shape index (κ3) is 3.56. The van der Waals surface area contributed by atoms with Crippen LogP contribution in [0.5, 0.6) is 0 Å². The molecule has 21 heavy (non-hydrogen) atoms. The molecule has 1 amide bonds. The molecule has 118 valence electrons. The van der Waals surface area contributed by atoms with Gasteiger partial charge in [-0.15, -0.1) is 12.4 Å². The molecule has 0 atom stereocenters. The molecule has 1 aromatic rings. The third-order valence-electron chi connectivity index (χ3n) is 3.93. The number of hydrogen-bond acceptors (Lipinski definition) is 4. The van der Waals surface area contributed by atoms with E-state index in [2.05, 4.69) is 10.6 Å². The van der Waals surface area contributed by atoms with E-state index in [9.17, 15) is 13.2 Å². The number of nitrogens with one attached hydrogen (secondary N) is 2. The van der Waals surface area contributed by atoms with Gasteiger partial charge in [-0.1, -0.05) is 18.2 Å². The summed E-state index contributed by atoms with van der Waals surface area (Å²) in [5.41, 5.74) is 1.58. The molecule has 1 aliphatic rings. The number of hydrogen-bond donors (Lipinski definition) is 2. The Labute approximate surface area is 131 Å². The SMILES string of the molecule is Cc1ccccc1NC(=O)C1(S(C)(=O)=O)CCNCC1.Cl. The van der Waals surface area contributed by atoms with Crippen LogP contribution in [0.4, 0.5) is 5.69 Å². The van der Waals surface area contributed by atoms with Gasteiger partial charge in [0, 0.05) is 11.9 Å². The van der Waals surface area contributed by atoms with Crippen molar-refractivity contribution in [1.29, 1.82) is 0 Å². The van der Waals surface area contributed by atoms with E-state index in [1.54, 1.807) is 6.07 Å². The monoisotopic (exact) mass is 332 g/mol. The van der Waals surface area contributed by atoms with E-state index >= 15 is 0 Å². The smallest absolute Gasteiger partial charge is 0.245 e. The molecule has 2 N–H and O–H groups in total. The largest absolute Gasteiger partial charge is 0.324 e. The number of anilines is 1. The van der Waals surface area contributed by atoms with Crippen molar-refractivity contribution in [3.8, 4) is 0 Å². The molecule has 0 aliphatic carbocycles. The van der Waals surface area contributed by atoms with Crippen molar-refractivity contribution in [3.05, 3.63) is 29.8 Å². The number of carbonyl (C=O) groups is 1. The minimum absolute atomic E-state index is 0. The number of benzene rings is 1. The number of carbonyl (C=O) groups excluding carboxylic acids is 1. The van der Waals surface area contributed by atoms with Crippen LogP contribution in [0.3, 0.4) is 0 Å². The Balaban J connectivity index is 0.00000220. The second kappa shape index (κ2) is 6.77. The highest BCUT2D eigenvalue weighted by atomic mass is 35.5. The van der Waals surface area contributed by atoms with Crippen LogP contribution in [0.2, 0.25) is 0 Å². The summed E-state index contributed by atoms with van der Waals surface area (Å²) in [5, 5.41) is 5.88. The molecule has 0 radical (unpaired) electrons. The molecule has 1 heterocycles. The number of amides is 1. The molecule has 1 saturated heterocycles. The topological polar surface area (TPSA) is 75.3 Å². The first kappa shape index (κ1) is 17.9. The molecule has 5 nitrogen and oxygen atoms in total. The van der Waals surface area contributed by atoms with Crippen LogP contribution in [-0.4, -0.2) is 38.4 Å². The molecule has 7 heteroatoms. The first-order valence-corrected chi connectivity index (χ1v) is 8.53. The number of aryl methyl sites for hydroxylation is 1. The molecule has 1 aliphatic heterocycles. The predicted molar refractivity (Wildman–Crippen MR) is 86.7 cm³/mol. The normalized spacial score (nSPS) is 17.6. The van der Waals surface area contributed by atoms with Crippen molar-refractivity contribution >= 4 is 33.8 Å². The number of piperidine rings is 1. The van der Waals surface area contributed by atoms with E-state index in [0.717, 1.165) is 11.8 Å². The Morgan fingerprint density at radius 1 is 1.24 bits per heavy atom. The summed E-state index contributed by atoms with van der Waals surface area (Å²) in [4.78, 5) is 12.6. The zero-order chi connectivity index (χ0) is 14.8. The Morgan fingerprint density at radius 2 is 1.81 bits per heavy atom. The third-order valence-corrected chi connectivity index (χ3v) is 5.94. The molecular formula is C14H21ClN2O3S. The lowest BCUT2D eigenvalue weighted by Crippen LogP contribution is -2.55. The van der Waals surface area contributed by atoms with Gasteiger partial charge in [-0.2, -0.15) is 0 Å². The molecule has 0 saturated carbocycles. The van der Waals surface area contributed by atoms with Crippen LogP contribution in [-0.2, 0) is 14.6 Å². The van der Waals surface area contributed by atoms with Crippen LogP contribution in [0.15, 0.2) is 24.3 Å². The van der Waals surface area contributed by atoms with Crippen molar-refractivity contribution in [2.75, 3.05) is 24.7 Å². The average Bonchev–Trinajstić information content (AvgIpc) is 2.41. The van der Waals surface area contributed by atoms with Gasteiger partial charge in [0.2, 0.25) is 5.91 Å². The lowest BCUT2D eigenvalue weighted by molar-refractivity contribution is -0.119. The Bertz CT molecular complexity index is 610. The van der Waals surface area contributed by atoms with Crippen molar-refractivity contribution in [1.82, 2.24) is 5.32 Å². The highest BCUT2D eigenvalue weighted by Crippen LogP contribution is 2.29. The standard InChI is InChI=1S/C14H20N2O3S.ClH/c1-11-5-3-4-6-12(11)16-13(17)14(20(2,18)19)7-9-15-10-8-14;/h3-6,15H,7-10H2,1-2H3,(H,16,17);1H. The van der Waals surface area contributed by atoms with Crippen LogP contribution >= 0.6 is 12.4 Å². The van der Waals surface area contributed by atoms with Crippen molar-refractivity contribution in [2.24, 2.45) is 0 Å². The molecule has 2 rings (SSSR count). The van der Waals surface area contributed by atoms with E-state index in [1.807, 2.05) is 25.1 Å². The number of halogens is 1. The fourth-order valence-corrected chi connectivity index (χ4v) is 3.88. The van der Waals surface area contributed by atoms with Crippen molar-refractivity contribution < 1.29 is 13.2 Å². The number of rotatable bonds is 3. The first-order chi connectivity index (χ1) is 9.37. The Morgan fingerprint density at radius 3 is 2.33 bits per heavy atom. The summed E-state index contributed by atoms with van der Waals surface area (Å²) < 4.78 is 23.0. The van der Waals surface area contributed by atoms with Crippen LogP contribution < -0.4 is 10.6 Å². The molecule has 0 spiro atoms. The fraction of sp³-hybridized carbons (Fsp3) is 0.500.